The van der Waals surface area contributed by atoms with E-state index in [-0.39, 0.29) is 19.0 Å². The monoisotopic (exact) mass is 441 g/mol. The van der Waals surface area contributed by atoms with Crippen molar-refractivity contribution in [3.8, 4) is 11.3 Å². The Hall–Kier alpha value is -3.57. The first-order valence-corrected chi connectivity index (χ1v) is 10.2. The zero-order chi connectivity index (χ0) is 22.7. The van der Waals surface area contributed by atoms with Gasteiger partial charge in [0.2, 0.25) is 5.91 Å². The van der Waals surface area contributed by atoms with Gasteiger partial charge in [-0.25, -0.2) is 9.18 Å². The molecule has 10 nitrogen and oxygen atoms in total. The number of pyridine rings is 1. The van der Waals surface area contributed by atoms with E-state index in [0.29, 0.717) is 30.0 Å². The molecule has 0 radical (unpaired) electrons. The molecule has 0 spiro atoms. The van der Waals surface area contributed by atoms with Gasteiger partial charge in [-0.05, 0) is 29.8 Å². The highest BCUT2D eigenvalue weighted by Crippen LogP contribution is 2.28. The number of nitrogens with two attached hydrogens (primary N) is 1. The Bertz CT molecular complexity index is 1030. The molecule has 11 heteroatoms. The minimum absolute atomic E-state index is 0.208. The summed E-state index contributed by atoms with van der Waals surface area (Å²) in [7, 11) is 0. The van der Waals surface area contributed by atoms with Crippen LogP contribution in [0.15, 0.2) is 41.5 Å². The fourth-order valence-corrected chi connectivity index (χ4v) is 3.50. The number of halogens is 1. The van der Waals surface area contributed by atoms with Crippen molar-refractivity contribution >= 4 is 24.0 Å². The molecule has 3 heterocycles. The number of nitrogens with zero attached hydrogens (tertiary/aromatic N) is 5. The summed E-state index contributed by atoms with van der Waals surface area (Å²) in [6, 6.07) is 8.07. The number of hydrogen-bond donors (Lipinski definition) is 2. The number of aromatic nitrogens is 1. The highest BCUT2D eigenvalue weighted by molar-refractivity contribution is 5.90. The standard InChI is InChI=1S/C21H24FN7O3/c1-14(30)25-10-17-12-28(21(31)32-17)16-3-4-18(19(22)8-16)20-5-2-15(9-26-20)11-29(23)27-7-6-24-13-27/h2-5,8-9,13,17H,6-7,10-12,23H2,1H3,(H,25,30)/t17-/m0/s1. The zero-order valence-electron chi connectivity index (χ0n) is 17.6. The summed E-state index contributed by atoms with van der Waals surface area (Å²) >= 11 is 0. The number of amides is 2. The van der Waals surface area contributed by atoms with Gasteiger partial charge in [0.1, 0.15) is 18.3 Å². The molecule has 2 aromatic rings. The molecule has 1 saturated heterocycles. The van der Waals surface area contributed by atoms with E-state index in [4.69, 9.17) is 10.6 Å². The van der Waals surface area contributed by atoms with E-state index >= 15 is 0 Å². The lowest BCUT2D eigenvalue weighted by molar-refractivity contribution is -0.119. The molecule has 2 aliphatic heterocycles. The molecule has 168 valence electrons. The molecule has 0 unspecified atom stereocenters. The second kappa shape index (κ2) is 9.28. The summed E-state index contributed by atoms with van der Waals surface area (Å²) in [6.07, 6.45) is 2.28. The maximum atomic E-state index is 14.9. The van der Waals surface area contributed by atoms with Crippen molar-refractivity contribution < 1.29 is 18.7 Å². The Morgan fingerprint density at radius 3 is 2.88 bits per heavy atom. The van der Waals surface area contributed by atoms with Crippen molar-refractivity contribution in [3.63, 3.8) is 0 Å². The van der Waals surface area contributed by atoms with E-state index in [9.17, 15) is 14.0 Å². The Balaban J connectivity index is 1.42. The minimum Gasteiger partial charge on any atom is -0.442 e. The number of carbonyl (C=O) groups excluding carboxylic acids is 2. The van der Waals surface area contributed by atoms with Crippen LogP contribution in [-0.4, -0.2) is 65.7 Å². The number of anilines is 1. The third kappa shape index (κ3) is 4.84. The van der Waals surface area contributed by atoms with Crippen molar-refractivity contribution in [1.82, 2.24) is 20.4 Å². The van der Waals surface area contributed by atoms with Crippen LogP contribution in [-0.2, 0) is 16.1 Å². The summed E-state index contributed by atoms with van der Waals surface area (Å²) in [5.74, 6) is 5.32. The Morgan fingerprint density at radius 2 is 2.22 bits per heavy atom. The van der Waals surface area contributed by atoms with Crippen molar-refractivity contribution in [2.75, 3.05) is 31.1 Å². The topological polar surface area (TPSA) is 116 Å². The zero-order valence-corrected chi connectivity index (χ0v) is 17.6. The lowest BCUT2D eigenvalue weighted by Gasteiger charge is -2.25. The van der Waals surface area contributed by atoms with E-state index in [1.807, 2.05) is 11.1 Å². The second-order valence-electron chi connectivity index (χ2n) is 7.55. The summed E-state index contributed by atoms with van der Waals surface area (Å²) in [6.45, 7) is 3.71. The molecule has 3 N–H and O–H groups in total. The maximum Gasteiger partial charge on any atom is 0.414 e. The summed E-state index contributed by atoms with van der Waals surface area (Å²) in [4.78, 5) is 33.0. The van der Waals surface area contributed by atoms with Gasteiger partial charge in [0, 0.05) is 18.7 Å². The van der Waals surface area contributed by atoms with Crippen LogP contribution in [0.1, 0.15) is 12.5 Å². The van der Waals surface area contributed by atoms with E-state index in [1.165, 1.54) is 17.9 Å². The van der Waals surface area contributed by atoms with Crippen LogP contribution in [0.3, 0.4) is 0 Å². The van der Waals surface area contributed by atoms with Gasteiger partial charge in [0.15, 0.2) is 0 Å². The highest BCUT2D eigenvalue weighted by Gasteiger charge is 2.32. The number of rotatable bonds is 7. The SMILES string of the molecule is CC(=O)NC[C@H]1CN(c2ccc(-c3ccc(CN(N)N4C=NCC4)cn3)c(F)c2)C(=O)O1. The average Bonchev–Trinajstić information content (AvgIpc) is 3.43. The largest absolute Gasteiger partial charge is 0.442 e. The molecular weight excluding hydrogens is 417 g/mol. The summed E-state index contributed by atoms with van der Waals surface area (Å²) < 4.78 is 20.1. The molecule has 4 rings (SSSR count). The number of hydrazine groups is 2. The first-order chi connectivity index (χ1) is 15.4. The molecule has 1 aromatic carbocycles. The van der Waals surface area contributed by atoms with Crippen molar-refractivity contribution in [3.05, 3.63) is 47.9 Å². The molecule has 1 aromatic heterocycles. The number of carbonyl (C=O) groups is 2. The lowest BCUT2D eigenvalue weighted by atomic mass is 10.1. The predicted octanol–water partition coefficient (Wildman–Crippen LogP) is 1.28. The van der Waals surface area contributed by atoms with Crippen LogP contribution >= 0.6 is 0 Å². The van der Waals surface area contributed by atoms with Gasteiger partial charge in [0.25, 0.3) is 0 Å². The molecule has 1 atom stereocenters. The molecule has 2 amide bonds. The first-order valence-electron chi connectivity index (χ1n) is 10.2. The van der Waals surface area contributed by atoms with Gasteiger partial charge in [0.05, 0.1) is 44.1 Å². The van der Waals surface area contributed by atoms with E-state index < -0.39 is 18.0 Å². The smallest absolute Gasteiger partial charge is 0.414 e. The fraction of sp³-hybridized carbons (Fsp3) is 0.333. The maximum absolute atomic E-state index is 14.9. The number of ether oxygens (including phenoxy) is 1. The fourth-order valence-electron chi connectivity index (χ4n) is 3.50. The van der Waals surface area contributed by atoms with Crippen LogP contribution in [0.4, 0.5) is 14.9 Å². The van der Waals surface area contributed by atoms with E-state index in [0.717, 1.165) is 12.1 Å². The van der Waals surface area contributed by atoms with Gasteiger partial charge in [-0.3, -0.25) is 30.5 Å². The Labute approximate surface area is 184 Å². The predicted molar refractivity (Wildman–Crippen MR) is 116 cm³/mol. The first kappa shape index (κ1) is 21.7. The molecule has 0 saturated carbocycles. The quantitative estimate of drug-likeness (QED) is 0.491. The Kier molecular flexibility index (Phi) is 6.28. The van der Waals surface area contributed by atoms with Crippen molar-refractivity contribution in [2.45, 2.75) is 19.6 Å². The number of benzene rings is 1. The summed E-state index contributed by atoms with van der Waals surface area (Å²) in [5.41, 5.74) is 2.04. The van der Waals surface area contributed by atoms with Gasteiger partial charge in [-0.2, -0.15) is 5.12 Å². The number of aliphatic imine (C=N–C) groups is 1. The number of cyclic esters (lactones) is 1. The van der Waals surface area contributed by atoms with E-state index in [1.54, 1.807) is 35.9 Å². The van der Waals surface area contributed by atoms with Crippen molar-refractivity contribution in [2.24, 2.45) is 10.8 Å². The molecule has 32 heavy (non-hydrogen) atoms. The van der Waals surface area contributed by atoms with Crippen LogP contribution in [0.2, 0.25) is 0 Å². The van der Waals surface area contributed by atoms with Gasteiger partial charge in [-0.15, -0.1) is 0 Å². The van der Waals surface area contributed by atoms with Gasteiger partial charge < -0.3 is 10.1 Å². The second-order valence-corrected chi connectivity index (χ2v) is 7.55. The Morgan fingerprint density at radius 1 is 1.38 bits per heavy atom. The minimum atomic E-state index is -0.579. The normalized spacial score (nSPS) is 17.9. The highest BCUT2D eigenvalue weighted by atomic mass is 19.1. The van der Waals surface area contributed by atoms with Gasteiger partial charge >= 0.3 is 6.09 Å². The molecule has 2 aliphatic rings. The lowest BCUT2D eigenvalue weighted by Crippen LogP contribution is -2.45. The van der Waals surface area contributed by atoms with Gasteiger partial charge in [-0.1, -0.05) is 6.07 Å². The van der Waals surface area contributed by atoms with Crippen LogP contribution in [0.5, 0.6) is 0 Å². The third-order valence-corrected chi connectivity index (χ3v) is 5.17. The van der Waals surface area contributed by atoms with Crippen LogP contribution in [0.25, 0.3) is 11.3 Å². The number of hydrogen-bond acceptors (Lipinski definition) is 8. The van der Waals surface area contributed by atoms with Crippen molar-refractivity contribution in [1.29, 1.82) is 0 Å². The molecule has 1 fully saturated rings. The molecular formula is C21H24FN7O3. The summed E-state index contributed by atoms with van der Waals surface area (Å²) in [5, 5.41) is 5.98. The molecule has 0 bridgehead atoms. The van der Waals surface area contributed by atoms with Crippen LogP contribution in [0, 0.1) is 5.82 Å². The number of nitrogens with one attached hydrogen (secondary N) is 1. The van der Waals surface area contributed by atoms with Crippen LogP contribution < -0.4 is 16.1 Å². The average molecular weight is 441 g/mol. The molecule has 0 aliphatic carbocycles. The third-order valence-electron chi connectivity index (χ3n) is 5.17. The van der Waals surface area contributed by atoms with E-state index in [2.05, 4.69) is 15.3 Å².